The Bertz CT molecular complexity index is 990. The van der Waals surface area contributed by atoms with Crippen LogP contribution in [-0.2, 0) is 0 Å². The summed E-state index contributed by atoms with van der Waals surface area (Å²) in [7, 11) is 0. The van der Waals surface area contributed by atoms with Crippen molar-refractivity contribution in [1.82, 2.24) is 0 Å². The Hall–Kier alpha value is -2.86. The summed E-state index contributed by atoms with van der Waals surface area (Å²) in [6.45, 7) is 16.7. The maximum absolute atomic E-state index is 4.13. The lowest BCUT2D eigenvalue weighted by molar-refractivity contribution is 1.06. The van der Waals surface area contributed by atoms with Gasteiger partial charge in [-0.25, -0.2) is 0 Å². The van der Waals surface area contributed by atoms with Gasteiger partial charge < -0.3 is 0 Å². The molecule has 0 aromatic heterocycles. The van der Waals surface area contributed by atoms with Gasteiger partial charge in [0.2, 0.25) is 0 Å². The molecule has 0 fully saturated rings. The molecular formula is C29H34. The van der Waals surface area contributed by atoms with Crippen LogP contribution in [0.5, 0.6) is 0 Å². The van der Waals surface area contributed by atoms with Gasteiger partial charge in [0.05, 0.1) is 0 Å². The van der Waals surface area contributed by atoms with E-state index in [1.165, 1.54) is 38.6 Å². The first kappa shape index (κ1) is 22.4. The van der Waals surface area contributed by atoms with Crippen molar-refractivity contribution in [3.63, 3.8) is 0 Å². The Balaban J connectivity index is 2.51. The summed E-state index contributed by atoms with van der Waals surface area (Å²) < 4.78 is 0. The van der Waals surface area contributed by atoms with Crippen LogP contribution in [0.15, 0.2) is 97.2 Å². The Kier molecular flexibility index (Phi) is 8.68. The van der Waals surface area contributed by atoms with E-state index >= 15 is 0 Å². The molecule has 0 spiro atoms. The van der Waals surface area contributed by atoms with E-state index in [1.54, 1.807) is 0 Å². The maximum atomic E-state index is 4.13. The Morgan fingerprint density at radius 3 is 2.48 bits per heavy atom. The van der Waals surface area contributed by atoms with E-state index in [0.29, 0.717) is 0 Å². The molecule has 0 heterocycles. The normalized spacial score (nSPS) is 13.0. The van der Waals surface area contributed by atoms with Crippen molar-refractivity contribution in [2.24, 2.45) is 0 Å². The van der Waals surface area contributed by atoms with E-state index in [2.05, 4.69) is 102 Å². The zero-order chi connectivity index (χ0) is 21.2. The van der Waals surface area contributed by atoms with Gasteiger partial charge in [-0.15, -0.1) is 0 Å². The van der Waals surface area contributed by atoms with E-state index in [9.17, 15) is 0 Å². The highest BCUT2D eigenvalue weighted by molar-refractivity contribution is 5.91. The van der Waals surface area contributed by atoms with Crippen LogP contribution in [0.4, 0.5) is 0 Å². The Morgan fingerprint density at radius 2 is 1.76 bits per heavy atom. The highest BCUT2D eigenvalue weighted by atomic mass is 14.1. The summed E-state index contributed by atoms with van der Waals surface area (Å²) in [5.74, 6) is 0. The lowest BCUT2D eigenvalue weighted by atomic mass is 9.89. The average molecular weight is 383 g/mol. The molecule has 0 heteroatoms. The monoisotopic (exact) mass is 382 g/mol. The molecule has 0 aliphatic heterocycles. The summed E-state index contributed by atoms with van der Waals surface area (Å²) in [5, 5.41) is 2.64. The second kappa shape index (κ2) is 11.2. The highest BCUT2D eigenvalue weighted by Gasteiger charge is 2.10. The van der Waals surface area contributed by atoms with Crippen LogP contribution in [0.2, 0.25) is 0 Å². The molecule has 2 rings (SSSR count). The third kappa shape index (κ3) is 6.32. The lowest BCUT2D eigenvalue weighted by Gasteiger charge is -2.16. The molecule has 0 atom stereocenters. The van der Waals surface area contributed by atoms with Crippen LogP contribution in [0.3, 0.4) is 0 Å². The molecular weight excluding hydrogens is 348 g/mol. The molecule has 29 heavy (non-hydrogen) atoms. The van der Waals surface area contributed by atoms with Crippen LogP contribution in [-0.4, -0.2) is 0 Å². The topological polar surface area (TPSA) is 0 Å². The molecule has 0 aliphatic rings. The summed E-state index contributed by atoms with van der Waals surface area (Å²) in [6, 6.07) is 11.2. The largest absolute Gasteiger partial charge is 0.0991 e. The molecule has 2 aromatic carbocycles. The van der Waals surface area contributed by atoms with Gasteiger partial charge in [-0.2, -0.15) is 0 Å². The number of fused-ring (bicyclic) bond motifs is 1. The third-order valence-electron chi connectivity index (χ3n) is 5.20. The first-order valence-corrected chi connectivity index (χ1v) is 10.5. The van der Waals surface area contributed by atoms with Crippen molar-refractivity contribution < 1.29 is 0 Å². The van der Waals surface area contributed by atoms with Gasteiger partial charge in [-0.1, -0.05) is 98.5 Å². The third-order valence-corrected chi connectivity index (χ3v) is 5.20. The maximum Gasteiger partial charge on any atom is -0.0146 e. The molecule has 0 aliphatic carbocycles. The number of rotatable bonds is 9. The van der Waals surface area contributed by atoms with Gasteiger partial charge >= 0.3 is 0 Å². The number of allylic oxidation sites excluding steroid dienone is 10. The Morgan fingerprint density at radius 1 is 1.00 bits per heavy atom. The molecule has 0 amide bonds. The predicted octanol–water partition coefficient (Wildman–Crippen LogP) is 8.83. The van der Waals surface area contributed by atoms with E-state index < -0.39 is 0 Å². The van der Waals surface area contributed by atoms with Crippen LogP contribution in [0.25, 0.3) is 16.3 Å². The van der Waals surface area contributed by atoms with Crippen LogP contribution < -0.4 is 0 Å². The van der Waals surface area contributed by atoms with Crippen LogP contribution in [0.1, 0.15) is 49.8 Å². The second-order valence-corrected chi connectivity index (χ2v) is 7.55. The summed E-state index contributed by atoms with van der Waals surface area (Å²) in [4.78, 5) is 0. The van der Waals surface area contributed by atoms with E-state index in [1.807, 2.05) is 12.2 Å². The number of hydrogen-bond acceptors (Lipinski definition) is 0. The predicted molar refractivity (Wildman–Crippen MR) is 132 cm³/mol. The number of benzene rings is 2. The van der Waals surface area contributed by atoms with Gasteiger partial charge in [0.15, 0.2) is 0 Å². The molecule has 0 saturated carbocycles. The fourth-order valence-corrected chi connectivity index (χ4v) is 3.53. The molecule has 0 unspecified atom stereocenters. The van der Waals surface area contributed by atoms with Gasteiger partial charge in [0.25, 0.3) is 0 Å². The molecule has 150 valence electrons. The zero-order valence-corrected chi connectivity index (χ0v) is 18.5. The van der Waals surface area contributed by atoms with Crippen molar-refractivity contribution in [2.75, 3.05) is 0 Å². The SMILES string of the molecule is C=C/C=C\CC/C(=C(C)\C=C/C(=C)/C=C\CC)c1ccc2ccc(C)cc2c1C. The lowest BCUT2D eigenvalue weighted by Crippen LogP contribution is -1.94. The minimum atomic E-state index is 0.995. The van der Waals surface area contributed by atoms with E-state index in [0.717, 1.165) is 24.8 Å². The standard InChI is InChI=1S/C29H34/c1-7-9-11-12-14-27(24(5)17-15-22(3)13-10-8-2)28-20-19-26-18-16-23(4)21-29(26)25(28)6/h7,9-11,13,15-21H,1,3,8,12,14H2,2,4-6H3/b11-9-,13-10-,17-15-,27-24+. The number of hydrogen-bond donors (Lipinski definition) is 0. The first-order chi connectivity index (χ1) is 14.0. The van der Waals surface area contributed by atoms with Crippen LogP contribution in [0, 0.1) is 13.8 Å². The molecule has 0 saturated heterocycles. The fraction of sp³-hybridized carbons (Fsp3) is 0.241. The van der Waals surface area contributed by atoms with E-state index in [-0.39, 0.29) is 0 Å². The van der Waals surface area contributed by atoms with Gasteiger partial charge in [0, 0.05) is 0 Å². The molecule has 0 N–H and O–H groups in total. The number of aryl methyl sites for hydroxylation is 2. The molecule has 0 radical (unpaired) electrons. The van der Waals surface area contributed by atoms with Crippen molar-refractivity contribution in [3.05, 3.63) is 114 Å². The highest BCUT2D eigenvalue weighted by Crippen LogP contribution is 2.32. The fourth-order valence-electron chi connectivity index (χ4n) is 3.53. The van der Waals surface area contributed by atoms with Crippen LogP contribution >= 0.6 is 0 Å². The van der Waals surface area contributed by atoms with Crippen molar-refractivity contribution in [2.45, 2.75) is 47.0 Å². The average Bonchev–Trinajstić information content (AvgIpc) is 2.72. The van der Waals surface area contributed by atoms with Gasteiger partial charge in [-0.3, -0.25) is 0 Å². The summed E-state index contributed by atoms with van der Waals surface area (Å²) in [5.41, 5.74) is 7.70. The van der Waals surface area contributed by atoms with Crippen molar-refractivity contribution in [3.8, 4) is 0 Å². The summed E-state index contributed by atoms with van der Waals surface area (Å²) in [6.07, 6.45) is 17.6. The smallest absolute Gasteiger partial charge is 0.0146 e. The molecule has 0 bridgehead atoms. The minimum absolute atomic E-state index is 0.995. The van der Waals surface area contributed by atoms with Gasteiger partial charge in [0.1, 0.15) is 0 Å². The van der Waals surface area contributed by atoms with Gasteiger partial charge in [-0.05, 0) is 78.7 Å². The van der Waals surface area contributed by atoms with E-state index in [4.69, 9.17) is 0 Å². The quantitative estimate of drug-likeness (QED) is 0.380. The zero-order valence-electron chi connectivity index (χ0n) is 18.5. The van der Waals surface area contributed by atoms with Crippen molar-refractivity contribution in [1.29, 1.82) is 0 Å². The first-order valence-electron chi connectivity index (χ1n) is 10.5. The van der Waals surface area contributed by atoms with Crippen molar-refractivity contribution >= 4 is 16.3 Å². The minimum Gasteiger partial charge on any atom is -0.0991 e. The Labute approximate surface area is 177 Å². The second-order valence-electron chi connectivity index (χ2n) is 7.55. The summed E-state index contributed by atoms with van der Waals surface area (Å²) >= 11 is 0. The molecule has 0 nitrogen and oxygen atoms in total. The molecule has 2 aromatic rings.